The van der Waals surface area contributed by atoms with Crippen LogP contribution in [0.3, 0.4) is 0 Å². The van der Waals surface area contributed by atoms with Crippen LogP contribution in [0.1, 0.15) is 47.0 Å². The molecule has 1 saturated heterocycles. The predicted molar refractivity (Wildman–Crippen MR) is 62.9 cm³/mol. The maximum absolute atomic E-state index is 10.3. The minimum absolute atomic E-state index is 0.230. The molecule has 1 aliphatic heterocycles. The molecule has 1 aliphatic rings. The quantitative estimate of drug-likeness (QED) is 0.716. The molecule has 2 N–H and O–H groups in total. The van der Waals surface area contributed by atoms with Crippen LogP contribution in [0.5, 0.6) is 0 Å². The third-order valence-corrected chi connectivity index (χ3v) is 3.37. The molecule has 0 bridgehead atoms. The van der Waals surface area contributed by atoms with Crippen molar-refractivity contribution in [1.82, 2.24) is 4.90 Å². The molecule has 0 aromatic heterocycles. The van der Waals surface area contributed by atoms with Gasteiger partial charge in [-0.2, -0.15) is 0 Å². The summed E-state index contributed by atoms with van der Waals surface area (Å²) in [5, 5.41) is 19.7. The van der Waals surface area contributed by atoms with Crippen LogP contribution < -0.4 is 0 Å². The second-order valence-electron chi connectivity index (χ2n) is 5.37. The Morgan fingerprint density at radius 1 is 1.25 bits per heavy atom. The summed E-state index contributed by atoms with van der Waals surface area (Å²) in [6, 6.07) is 0. The van der Waals surface area contributed by atoms with Crippen molar-refractivity contribution in [2.24, 2.45) is 0 Å². The summed E-state index contributed by atoms with van der Waals surface area (Å²) in [5.74, 6) is -1.24. The SMILES string of the molecule is CCC(C)(C)OC(C)(O)N1CCC(O)CC1. The van der Waals surface area contributed by atoms with Gasteiger partial charge >= 0.3 is 0 Å². The van der Waals surface area contributed by atoms with E-state index in [2.05, 4.69) is 0 Å². The minimum Gasteiger partial charge on any atom is -0.393 e. The first kappa shape index (κ1) is 13.9. The zero-order valence-electron chi connectivity index (χ0n) is 10.9. The first-order chi connectivity index (χ1) is 7.27. The third-order valence-electron chi connectivity index (χ3n) is 3.37. The third kappa shape index (κ3) is 3.70. The van der Waals surface area contributed by atoms with Gasteiger partial charge in [0.25, 0.3) is 0 Å². The molecular weight excluding hydrogens is 206 g/mol. The molecule has 0 spiro atoms. The fourth-order valence-electron chi connectivity index (χ4n) is 1.94. The second-order valence-corrected chi connectivity index (χ2v) is 5.37. The monoisotopic (exact) mass is 231 g/mol. The lowest BCUT2D eigenvalue weighted by atomic mass is 10.1. The van der Waals surface area contributed by atoms with Crippen molar-refractivity contribution in [2.45, 2.75) is 64.6 Å². The van der Waals surface area contributed by atoms with Crippen molar-refractivity contribution in [3.63, 3.8) is 0 Å². The molecule has 0 amide bonds. The van der Waals surface area contributed by atoms with E-state index in [-0.39, 0.29) is 11.7 Å². The van der Waals surface area contributed by atoms with Gasteiger partial charge in [0.05, 0.1) is 11.7 Å². The van der Waals surface area contributed by atoms with Crippen molar-refractivity contribution < 1.29 is 14.9 Å². The van der Waals surface area contributed by atoms with Crippen molar-refractivity contribution in [2.75, 3.05) is 13.1 Å². The summed E-state index contributed by atoms with van der Waals surface area (Å²) in [6.07, 6.45) is 2.02. The number of rotatable bonds is 4. The maximum atomic E-state index is 10.3. The average Bonchev–Trinajstić information content (AvgIpc) is 2.17. The van der Waals surface area contributed by atoms with E-state index in [9.17, 15) is 10.2 Å². The lowest BCUT2D eigenvalue weighted by molar-refractivity contribution is -0.325. The fraction of sp³-hybridized carbons (Fsp3) is 1.00. The van der Waals surface area contributed by atoms with E-state index in [4.69, 9.17) is 4.74 Å². The van der Waals surface area contributed by atoms with Gasteiger partial charge in [-0.25, -0.2) is 0 Å². The highest BCUT2D eigenvalue weighted by Gasteiger charge is 2.37. The molecule has 96 valence electrons. The Kier molecular flexibility index (Phi) is 4.35. The van der Waals surface area contributed by atoms with E-state index < -0.39 is 5.91 Å². The molecule has 1 atom stereocenters. The topological polar surface area (TPSA) is 52.9 Å². The Morgan fingerprint density at radius 3 is 2.19 bits per heavy atom. The molecule has 4 nitrogen and oxygen atoms in total. The Morgan fingerprint density at radius 2 is 1.75 bits per heavy atom. The van der Waals surface area contributed by atoms with Crippen molar-refractivity contribution in [1.29, 1.82) is 0 Å². The molecule has 16 heavy (non-hydrogen) atoms. The molecule has 0 aliphatic carbocycles. The largest absolute Gasteiger partial charge is 0.393 e. The minimum atomic E-state index is -1.24. The number of aliphatic hydroxyl groups excluding tert-OH is 1. The number of aliphatic hydroxyl groups is 2. The van der Waals surface area contributed by atoms with Crippen LogP contribution in [0.25, 0.3) is 0 Å². The molecule has 1 rings (SSSR count). The Balaban J connectivity index is 2.56. The van der Waals surface area contributed by atoms with Gasteiger partial charge in [-0.3, -0.25) is 4.90 Å². The van der Waals surface area contributed by atoms with Crippen LogP contribution in [0.2, 0.25) is 0 Å². The molecule has 1 heterocycles. The summed E-state index contributed by atoms with van der Waals surface area (Å²) in [4.78, 5) is 1.89. The van der Waals surface area contributed by atoms with Gasteiger partial charge in [0.15, 0.2) is 0 Å². The van der Waals surface area contributed by atoms with Crippen molar-refractivity contribution >= 4 is 0 Å². The number of piperidine rings is 1. The summed E-state index contributed by atoms with van der Waals surface area (Å²) >= 11 is 0. The second kappa shape index (κ2) is 5.00. The van der Waals surface area contributed by atoms with Gasteiger partial charge in [0, 0.05) is 20.0 Å². The van der Waals surface area contributed by atoms with Crippen LogP contribution in [-0.2, 0) is 4.74 Å². The number of ether oxygens (including phenoxy) is 1. The lowest BCUT2D eigenvalue weighted by Crippen LogP contribution is -2.55. The van der Waals surface area contributed by atoms with Crippen LogP contribution in [0, 0.1) is 0 Å². The van der Waals surface area contributed by atoms with E-state index in [0.29, 0.717) is 25.9 Å². The van der Waals surface area contributed by atoms with Gasteiger partial charge in [-0.15, -0.1) is 0 Å². The van der Waals surface area contributed by atoms with E-state index in [0.717, 1.165) is 6.42 Å². The highest BCUT2D eigenvalue weighted by molar-refractivity contribution is 4.78. The average molecular weight is 231 g/mol. The summed E-state index contributed by atoms with van der Waals surface area (Å²) < 4.78 is 5.75. The van der Waals surface area contributed by atoms with Crippen LogP contribution in [0.15, 0.2) is 0 Å². The molecule has 1 fully saturated rings. The smallest absolute Gasteiger partial charge is 0.224 e. The highest BCUT2D eigenvalue weighted by atomic mass is 16.7. The number of nitrogens with zero attached hydrogens (tertiary/aromatic N) is 1. The van der Waals surface area contributed by atoms with E-state index >= 15 is 0 Å². The lowest BCUT2D eigenvalue weighted by Gasteiger charge is -2.43. The molecular formula is C12H25NO3. The Hall–Kier alpha value is -0.160. The molecule has 0 aromatic carbocycles. The van der Waals surface area contributed by atoms with E-state index in [1.54, 1.807) is 6.92 Å². The highest BCUT2D eigenvalue weighted by Crippen LogP contribution is 2.26. The maximum Gasteiger partial charge on any atom is 0.224 e. The summed E-state index contributed by atoms with van der Waals surface area (Å²) in [5.41, 5.74) is -0.334. The number of hydrogen-bond donors (Lipinski definition) is 2. The fourth-order valence-corrected chi connectivity index (χ4v) is 1.94. The van der Waals surface area contributed by atoms with Gasteiger partial charge in [-0.1, -0.05) is 6.92 Å². The predicted octanol–water partition coefficient (Wildman–Crippen LogP) is 1.31. The first-order valence-electron chi connectivity index (χ1n) is 6.12. The normalized spacial score (nSPS) is 24.4. The standard InChI is InChI=1S/C12H25NO3/c1-5-11(2,3)16-12(4,15)13-8-6-10(14)7-9-13/h10,14-15H,5-9H2,1-4H3. The van der Waals surface area contributed by atoms with E-state index in [1.807, 2.05) is 25.7 Å². The van der Waals surface area contributed by atoms with Gasteiger partial charge in [0.2, 0.25) is 5.91 Å². The molecule has 1 unspecified atom stereocenters. The molecule has 0 radical (unpaired) electrons. The number of hydrogen-bond acceptors (Lipinski definition) is 4. The van der Waals surface area contributed by atoms with Gasteiger partial charge < -0.3 is 14.9 Å². The summed E-state index contributed by atoms with van der Waals surface area (Å²) in [6.45, 7) is 9.01. The zero-order valence-corrected chi connectivity index (χ0v) is 10.9. The molecule has 0 saturated carbocycles. The van der Waals surface area contributed by atoms with Crippen molar-refractivity contribution in [3.8, 4) is 0 Å². The first-order valence-corrected chi connectivity index (χ1v) is 6.12. The zero-order chi connectivity index (χ0) is 12.4. The molecule has 0 aromatic rings. The van der Waals surface area contributed by atoms with Crippen LogP contribution in [-0.4, -0.2) is 45.8 Å². The van der Waals surface area contributed by atoms with E-state index in [1.165, 1.54) is 0 Å². The number of likely N-dealkylation sites (tertiary alicyclic amines) is 1. The van der Waals surface area contributed by atoms with Gasteiger partial charge in [-0.05, 0) is 33.1 Å². The molecule has 4 heteroatoms. The Labute approximate surface area is 98.2 Å². The van der Waals surface area contributed by atoms with Crippen molar-refractivity contribution in [3.05, 3.63) is 0 Å². The summed E-state index contributed by atoms with van der Waals surface area (Å²) in [7, 11) is 0. The van der Waals surface area contributed by atoms with Crippen LogP contribution >= 0.6 is 0 Å². The Bertz CT molecular complexity index is 220. The van der Waals surface area contributed by atoms with Crippen LogP contribution in [0.4, 0.5) is 0 Å². The van der Waals surface area contributed by atoms with Gasteiger partial charge in [0.1, 0.15) is 0 Å².